The second-order valence-electron chi connectivity index (χ2n) is 3.46. The Balaban J connectivity index is 4.37. The molecule has 0 aliphatic heterocycles. The van der Waals surface area contributed by atoms with Crippen molar-refractivity contribution in [2.75, 3.05) is 19.1 Å². The second kappa shape index (κ2) is 5.69. The first-order valence-corrected chi connectivity index (χ1v) is 6.63. The van der Waals surface area contributed by atoms with Crippen molar-refractivity contribution in [3.63, 3.8) is 0 Å². The van der Waals surface area contributed by atoms with Crippen molar-refractivity contribution in [3.05, 3.63) is 0 Å². The fraction of sp³-hybridized carbons (Fsp3) is 0.750. The highest BCUT2D eigenvalue weighted by molar-refractivity contribution is 7.92. The highest BCUT2D eigenvalue weighted by atomic mass is 32.2. The number of carboxylic acid groups (broad SMARTS) is 2. The molecule has 0 bridgehead atoms. The topological polar surface area (TPSA) is 104 Å². The minimum absolute atomic E-state index is 0.00366. The molecule has 0 saturated heterocycles. The molecule has 0 amide bonds. The van der Waals surface area contributed by atoms with Gasteiger partial charge in [-0.1, -0.05) is 0 Å². The number of hydrogen-bond donors (Lipinski definition) is 2. The fourth-order valence-corrected chi connectivity index (χ4v) is 1.40. The summed E-state index contributed by atoms with van der Waals surface area (Å²) in [7, 11) is -2.33. The van der Waals surface area contributed by atoms with Crippen LogP contribution in [0.5, 0.6) is 0 Å². The zero-order chi connectivity index (χ0) is 12.1. The largest absolute Gasteiger partial charge is 0.481 e. The Kier molecular flexibility index (Phi) is 5.27. The van der Waals surface area contributed by atoms with E-state index in [1.807, 2.05) is 0 Å². The molecule has 0 aromatic carbocycles. The van der Waals surface area contributed by atoms with Gasteiger partial charge in [-0.05, 0) is 6.42 Å². The maximum absolute atomic E-state index is 11.2. The van der Waals surface area contributed by atoms with Gasteiger partial charge in [-0.25, -0.2) is 4.36 Å². The minimum Gasteiger partial charge on any atom is -0.481 e. The number of hydrogen-bond acceptors (Lipinski definition) is 4. The predicted molar refractivity (Wildman–Crippen MR) is 55.3 cm³/mol. The van der Waals surface area contributed by atoms with Crippen molar-refractivity contribution in [2.24, 2.45) is 10.3 Å². The van der Waals surface area contributed by atoms with E-state index in [1.165, 1.54) is 12.5 Å². The summed E-state index contributed by atoms with van der Waals surface area (Å²) in [4.78, 5) is 20.9. The van der Waals surface area contributed by atoms with E-state index >= 15 is 0 Å². The Morgan fingerprint density at radius 3 is 2.20 bits per heavy atom. The summed E-state index contributed by atoms with van der Waals surface area (Å²) in [6.45, 7) is -0.103. The molecule has 0 fully saturated rings. The van der Waals surface area contributed by atoms with Gasteiger partial charge in [-0.3, -0.25) is 13.8 Å². The molecule has 15 heavy (non-hydrogen) atoms. The molecule has 0 saturated carbocycles. The average molecular weight is 237 g/mol. The van der Waals surface area contributed by atoms with Crippen LogP contribution in [0, 0.1) is 5.92 Å². The molecule has 0 radical (unpaired) electrons. The molecule has 0 aliphatic carbocycles. The van der Waals surface area contributed by atoms with Gasteiger partial charge in [0.2, 0.25) is 0 Å². The summed E-state index contributed by atoms with van der Waals surface area (Å²) in [6.07, 6.45) is 2.59. The van der Waals surface area contributed by atoms with Crippen molar-refractivity contribution in [1.29, 1.82) is 0 Å². The third-order valence-corrected chi connectivity index (χ3v) is 2.43. The summed E-state index contributed by atoms with van der Waals surface area (Å²) in [5.74, 6) is -3.03. The molecule has 6 nitrogen and oxygen atoms in total. The Morgan fingerprint density at radius 1 is 1.33 bits per heavy atom. The van der Waals surface area contributed by atoms with Crippen LogP contribution >= 0.6 is 0 Å². The molecule has 0 aliphatic rings. The van der Waals surface area contributed by atoms with E-state index in [9.17, 15) is 13.8 Å². The minimum atomic E-state index is -2.33. The molecular formula is C8H15NO5S. The number of aliphatic carboxylic acids is 2. The van der Waals surface area contributed by atoms with Crippen LogP contribution in [-0.4, -0.2) is 45.4 Å². The van der Waals surface area contributed by atoms with Gasteiger partial charge >= 0.3 is 11.9 Å². The van der Waals surface area contributed by atoms with Crippen LogP contribution in [0.25, 0.3) is 0 Å². The highest BCUT2D eigenvalue weighted by Gasteiger charge is 2.18. The first kappa shape index (κ1) is 13.9. The van der Waals surface area contributed by atoms with E-state index in [1.54, 1.807) is 0 Å². The molecule has 88 valence electrons. The van der Waals surface area contributed by atoms with Crippen molar-refractivity contribution < 1.29 is 24.0 Å². The average Bonchev–Trinajstić information content (AvgIpc) is 2.00. The van der Waals surface area contributed by atoms with Crippen molar-refractivity contribution in [3.8, 4) is 0 Å². The molecule has 1 atom stereocenters. The van der Waals surface area contributed by atoms with Crippen molar-refractivity contribution in [2.45, 2.75) is 12.8 Å². The van der Waals surface area contributed by atoms with Gasteiger partial charge in [0.1, 0.15) is 0 Å². The van der Waals surface area contributed by atoms with Crippen LogP contribution in [0.15, 0.2) is 4.36 Å². The summed E-state index contributed by atoms with van der Waals surface area (Å²) >= 11 is 0. The third kappa shape index (κ3) is 7.92. The van der Waals surface area contributed by atoms with Crippen LogP contribution in [0.2, 0.25) is 0 Å². The normalized spacial score (nSPS) is 13.2. The van der Waals surface area contributed by atoms with Gasteiger partial charge in [0.15, 0.2) is 0 Å². The summed E-state index contributed by atoms with van der Waals surface area (Å²) in [6, 6.07) is 0. The highest BCUT2D eigenvalue weighted by Crippen LogP contribution is 2.08. The van der Waals surface area contributed by atoms with E-state index in [0.29, 0.717) is 0 Å². The molecule has 0 spiro atoms. The number of carboxylic acids is 2. The van der Waals surface area contributed by atoms with E-state index < -0.39 is 27.6 Å². The smallest absolute Gasteiger partial charge is 0.308 e. The van der Waals surface area contributed by atoms with Gasteiger partial charge < -0.3 is 10.2 Å². The van der Waals surface area contributed by atoms with Gasteiger partial charge in [0, 0.05) is 28.7 Å². The van der Waals surface area contributed by atoms with Crippen LogP contribution < -0.4 is 0 Å². The van der Waals surface area contributed by atoms with Gasteiger partial charge in [-0.2, -0.15) is 0 Å². The lowest BCUT2D eigenvalue weighted by Crippen LogP contribution is -2.19. The molecule has 0 heterocycles. The van der Waals surface area contributed by atoms with Crippen LogP contribution in [0.3, 0.4) is 0 Å². The molecule has 7 heteroatoms. The maximum atomic E-state index is 11.2. The zero-order valence-electron chi connectivity index (χ0n) is 8.67. The Hall–Kier alpha value is -1.11. The van der Waals surface area contributed by atoms with Crippen LogP contribution in [0.4, 0.5) is 0 Å². The molecular weight excluding hydrogens is 222 g/mol. The van der Waals surface area contributed by atoms with E-state index in [0.717, 1.165) is 0 Å². The van der Waals surface area contributed by atoms with Crippen molar-refractivity contribution in [1.82, 2.24) is 0 Å². The lowest BCUT2D eigenvalue weighted by molar-refractivity contribution is -0.142. The van der Waals surface area contributed by atoms with Gasteiger partial charge in [0.25, 0.3) is 0 Å². The first-order chi connectivity index (χ1) is 6.72. The van der Waals surface area contributed by atoms with E-state index in [4.69, 9.17) is 10.2 Å². The molecule has 0 aromatic heterocycles. The van der Waals surface area contributed by atoms with E-state index in [2.05, 4.69) is 4.36 Å². The van der Waals surface area contributed by atoms with Crippen LogP contribution in [0.1, 0.15) is 12.8 Å². The predicted octanol–water partition coefficient (Wildman–Crippen LogP) is 0.280. The Labute approximate surface area is 88.5 Å². The SMILES string of the molecule is CS(C)(=O)=NCC(CCC(=O)O)C(=O)O. The first-order valence-electron chi connectivity index (χ1n) is 4.30. The van der Waals surface area contributed by atoms with Gasteiger partial charge in [0.05, 0.1) is 12.5 Å². The third-order valence-electron chi connectivity index (χ3n) is 1.66. The molecule has 1 unspecified atom stereocenters. The standard InChI is InChI=1S/C8H15NO5S/c1-15(2,14)9-5-6(8(12)13)3-4-7(10)11/h6H,3-5H2,1-2H3,(H,10,11)(H,12,13). The molecule has 0 rings (SSSR count). The second-order valence-corrected chi connectivity index (χ2v) is 6.08. The molecule has 0 aromatic rings. The lowest BCUT2D eigenvalue weighted by Gasteiger charge is -2.07. The van der Waals surface area contributed by atoms with Crippen LogP contribution in [-0.2, 0) is 19.3 Å². The van der Waals surface area contributed by atoms with E-state index in [-0.39, 0.29) is 19.4 Å². The van der Waals surface area contributed by atoms with Gasteiger partial charge in [-0.15, -0.1) is 0 Å². The number of carbonyl (C=O) groups is 2. The fourth-order valence-electron chi connectivity index (χ4n) is 0.860. The Bertz CT molecular complexity index is 348. The number of rotatable bonds is 6. The quantitative estimate of drug-likeness (QED) is 0.690. The maximum Gasteiger partial charge on any atom is 0.308 e. The lowest BCUT2D eigenvalue weighted by atomic mass is 10.0. The zero-order valence-corrected chi connectivity index (χ0v) is 9.49. The monoisotopic (exact) mass is 237 g/mol. The summed E-state index contributed by atoms with van der Waals surface area (Å²) in [5.41, 5.74) is 0. The summed E-state index contributed by atoms with van der Waals surface area (Å²) < 4.78 is 14.9. The Morgan fingerprint density at radius 2 is 1.87 bits per heavy atom. The number of nitrogens with zero attached hydrogens (tertiary/aromatic N) is 1. The summed E-state index contributed by atoms with van der Waals surface area (Å²) in [5, 5.41) is 17.1. The van der Waals surface area contributed by atoms with Crippen molar-refractivity contribution >= 4 is 21.7 Å². The molecule has 2 N–H and O–H groups in total.